The number of hydrogen-bond acceptors (Lipinski definition) is 2. The smallest absolute Gasteiger partial charge is 0.0689 e. The van der Waals surface area contributed by atoms with Crippen LogP contribution in [0.5, 0.6) is 0 Å². The highest BCUT2D eigenvalue weighted by atomic mass is 15.0. The molecule has 0 heterocycles. The molecule has 14 heavy (non-hydrogen) atoms. The first kappa shape index (κ1) is 13.5. The zero-order valence-electron chi connectivity index (χ0n) is 9.93. The van der Waals surface area contributed by atoms with Gasteiger partial charge in [-0.15, -0.1) is 6.42 Å². The van der Waals surface area contributed by atoms with Crippen LogP contribution in [-0.2, 0) is 0 Å². The summed E-state index contributed by atoms with van der Waals surface area (Å²) in [6, 6.07) is 0.447. The fraction of sp³-hybridized carbons (Fsp3) is 0.833. The summed E-state index contributed by atoms with van der Waals surface area (Å²) < 4.78 is 0. The molecule has 2 heteroatoms. The van der Waals surface area contributed by atoms with Crippen LogP contribution in [0.15, 0.2) is 0 Å². The lowest BCUT2D eigenvalue weighted by Gasteiger charge is -2.32. The van der Waals surface area contributed by atoms with E-state index in [9.17, 15) is 0 Å². The van der Waals surface area contributed by atoms with Gasteiger partial charge in [-0.2, -0.15) is 0 Å². The summed E-state index contributed by atoms with van der Waals surface area (Å²) in [6.07, 6.45) is 7.57. The lowest BCUT2D eigenvalue weighted by atomic mass is 9.86. The number of nitrogens with two attached hydrogens (primary N) is 1. The third kappa shape index (κ3) is 4.64. The normalized spacial score (nSPS) is 16.0. The van der Waals surface area contributed by atoms with Crippen molar-refractivity contribution in [2.45, 2.75) is 52.6 Å². The minimum atomic E-state index is 0.160. The van der Waals surface area contributed by atoms with Crippen molar-refractivity contribution in [3.63, 3.8) is 0 Å². The van der Waals surface area contributed by atoms with Gasteiger partial charge in [0.2, 0.25) is 0 Å². The van der Waals surface area contributed by atoms with Gasteiger partial charge in [0.15, 0.2) is 0 Å². The quantitative estimate of drug-likeness (QED) is 0.657. The SMILES string of the molecule is C#CC(CCC)NC(CN)C(C)(C)C. The highest BCUT2D eigenvalue weighted by Gasteiger charge is 2.24. The van der Waals surface area contributed by atoms with Crippen molar-refractivity contribution in [1.82, 2.24) is 5.32 Å². The summed E-state index contributed by atoms with van der Waals surface area (Å²) in [5.41, 5.74) is 5.89. The van der Waals surface area contributed by atoms with E-state index in [1.807, 2.05) is 0 Å². The van der Waals surface area contributed by atoms with Crippen LogP contribution in [0.2, 0.25) is 0 Å². The average Bonchev–Trinajstić information content (AvgIpc) is 2.10. The molecule has 0 aliphatic rings. The van der Waals surface area contributed by atoms with E-state index < -0.39 is 0 Å². The van der Waals surface area contributed by atoms with E-state index in [0.717, 1.165) is 12.8 Å². The molecule has 0 rings (SSSR count). The van der Waals surface area contributed by atoms with Crippen LogP contribution in [0.3, 0.4) is 0 Å². The molecular formula is C12H24N2. The van der Waals surface area contributed by atoms with E-state index in [0.29, 0.717) is 6.54 Å². The van der Waals surface area contributed by atoms with Crippen molar-refractivity contribution in [2.75, 3.05) is 6.54 Å². The number of nitrogens with one attached hydrogen (secondary N) is 1. The molecular weight excluding hydrogens is 172 g/mol. The Morgan fingerprint density at radius 1 is 1.43 bits per heavy atom. The van der Waals surface area contributed by atoms with Gasteiger partial charge in [0.25, 0.3) is 0 Å². The molecule has 0 aromatic carbocycles. The van der Waals surface area contributed by atoms with Crippen molar-refractivity contribution in [2.24, 2.45) is 11.1 Å². The molecule has 0 radical (unpaired) electrons. The van der Waals surface area contributed by atoms with Crippen molar-refractivity contribution in [1.29, 1.82) is 0 Å². The first-order chi connectivity index (χ1) is 6.45. The lowest BCUT2D eigenvalue weighted by Crippen LogP contribution is -2.49. The summed E-state index contributed by atoms with van der Waals surface area (Å²) in [6.45, 7) is 9.30. The summed E-state index contributed by atoms with van der Waals surface area (Å²) in [5, 5.41) is 3.43. The molecule has 3 N–H and O–H groups in total. The molecule has 2 atom stereocenters. The molecule has 2 unspecified atom stereocenters. The Morgan fingerprint density at radius 2 is 2.00 bits per heavy atom. The summed E-state index contributed by atoms with van der Waals surface area (Å²) >= 11 is 0. The van der Waals surface area contributed by atoms with Crippen molar-refractivity contribution in [3.05, 3.63) is 0 Å². The van der Waals surface area contributed by atoms with Gasteiger partial charge in [-0.1, -0.05) is 40.0 Å². The van der Waals surface area contributed by atoms with E-state index in [4.69, 9.17) is 12.2 Å². The maximum absolute atomic E-state index is 5.73. The molecule has 0 spiro atoms. The molecule has 2 nitrogen and oxygen atoms in total. The molecule has 0 aromatic heterocycles. The van der Waals surface area contributed by atoms with Gasteiger partial charge in [-0.05, 0) is 11.8 Å². The third-order valence-electron chi connectivity index (χ3n) is 2.46. The first-order valence-corrected chi connectivity index (χ1v) is 5.38. The molecule has 0 bridgehead atoms. The van der Waals surface area contributed by atoms with Crippen LogP contribution < -0.4 is 11.1 Å². The first-order valence-electron chi connectivity index (χ1n) is 5.38. The number of hydrogen-bond donors (Lipinski definition) is 2. The second kappa shape index (κ2) is 6.06. The van der Waals surface area contributed by atoms with E-state index >= 15 is 0 Å². The van der Waals surface area contributed by atoms with Crippen LogP contribution in [0, 0.1) is 17.8 Å². The molecule has 0 aromatic rings. The fourth-order valence-corrected chi connectivity index (χ4v) is 1.42. The van der Waals surface area contributed by atoms with Gasteiger partial charge < -0.3 is 5.73 Å². The van der Waals surface area contributed by atoms with E-state index in [-0.39, 0.29) is 17.5 Å². The van der Waals surface area contributed by atoms with Gasteiger partial charge in [0.05, 0.1) is 6.04 Å². The molecule has 0 saturated heterocycles. The molecule has 0 aliphatic heterocycles. The highest BCUT2D eigenvalue weighted by Crippen LogP contribution is 2.19. The Bertz CT molecular complexity index is 185. The van der Waals surface area contributed by atoms with E-state index in [1.165, 1.54) is 0 Å². The van der Waals surface area contributed by atoms with E-state index in [1.54, 1.807) is 0 Å². The van der Waals surface area contributed by atoms with Crippen molar-refractivity contribution >= 4 is 0 Å². The molecule has 0 saturated carbocycles. The molecule has 0 fully saturated rings. The fourth-order valence-electron chi connectivity index (χ4n) is 1.42. The van der Waals surface area contributed by atoms with Crippen LogP contribution in [0.4, 0.5) is 0 Å². The summed E-state index contributed by atoms with van der Waals surface area (Å²) in [4.78, 5) is 0. The second-order valence-electron chi connectivity index (χ2n) is 4.83. The topological polar surface area (TPSA) is 38.0 Å². The number of terminal acetylenes is 1. The molecule has 82 valence electrons. The highest BCUT2D eigenvalue weighted by molar-refractivity contribution is 5.01. The summed E-state index contributed by atoms with van der Waals surface area (Å²) in [5.74, 6) is 2.77. The van der Waals surface area contributed by atoms with Crippen molar-refractivity contribution in [3.8, 4) is 12.3 Å². The van der Waals surface area contributed by atoms with Gasteiger partial charge in [0, 0.05) is 12.6 Å². The average molecular weight is 196 g/mol. The standard InChI is InChI=1S/C12H24N2/c1-6-8-10(7-2)14-11(9-13)12(3,4)5/h2,10-11,14H,6,8-9,13H2,1,3-5H3. The minimum absolute atomic E-state index is 0.160. The predicted molar refractivity (Wildman–Crippen MR) is 63.0 cm³/mol. The predicted octanol–water partition coefficient (Wildman–Crippen LogP) is 1.75. The zero-order chi connectivity index (χ0) is 11.2. The summed E-state index contributed by atoms with van der Waals surface area (Å²) in [7, 11) is 0. The maximum Gasteiger partial charge on any atom is 0.0689 e. The van der Waals surface area contributed by atoms with Crippen LogP contribution in [-0.4, -0.2) is 18.6 Å². The maximum atomic E-state index is 5.73. The van der Waals surface area contributed by atoms with Crippen molar-refractivity contribution < 1.29 is 0 Å². The minimum Gasteiger partial charge on any atom is -0.329 e. The Labute approximate surface area is 88.6 Å². The number of rotatable bonds is 5. The van der Waals surface area contributed by atoms with Crippen LogP contribution >= 0.6 is 0 Å². The van der Waals surface area contributed by atoms with Gasteiger partial charge in [0.1, 0.15) is 0 Å². The van der Waals surface area contributed by atoms with E-state index in [2.05, 4.69) is 38.9 Å². The van der Waals surface area contributed by atoms with Crippen LogP contribution in [0.25, 0.3) is 0 Å². The van der Waals surface area contributed by atoms with Gasteiger partial charge >= 0.3 is 0 Å². The lowest BCUT2D eigenvalue weighted by molar-refractivity contribution is 0.260. The Balaban J connectivity index is 4.23. The Kier molecular flexibility index (Phi) is 5.83. The van der Waals surface area contributed by atoms with Crippen LogP contribution in [0.1, 0.15) is 40.5 Å². The monoisotopic (exact) mass is 196 g/mol. The molecule has 0 amide bonds. The second-order valence-corrected chi connectivity index (χ2v) is 4.83. The van der Waals surface area contributed by atoms with Gasteiger partial charge in [-0.3, -0.25) is 5.32 Å². The third-order valence-corrected chi connectivity index (χ3v) is 2.46. The Hall–Kier alpha value is -0.520. The largest absolute Gasteiger partial charge is 0.329 e. The Morgan fingerprint density at radius 3 is 2.29 bits per heavy atom. The van der Waals surface area contributed by atoms with Gasteiger partial charge in [-0.25, -0.2) is 0 Å². The zero-order valence-corrected chi connectivity index (χ0v) is 9.93. The molecule has 0 aliphatic carbocycles.